The molecule has 0 aliphatic carbocycles. The molecule has 2 unspecified atom stereocenters. The maximum atomic E-state index is 11.5. The normalized spacial score (nSPS) is 13.9. The van der Waals surface area contributed by atoms with E-state index >= 15 is 0 Å². The smallest absolute Gasteiger partial charge is 0.748 e. The van der Waals surface area contributed by atoms with Crippen molar-refractivity contribution in [2.24, 2.45) is 0 Å². The molecule has 0 aliphatic heterocycles. The van der Waals surface area contributed by atoms with Crippen LogP contribution in [-0.4, -0.2) is 29.4 Å². The van der Waals surface area contributed by atoms with Crippen molar-refractivity contribution in [2.75, 3.05) is 0 Å². The Hall–Kier alpha value is 0.870. The molecule has 0 saturated heterocycles. The summed E-state index contributed by atoms with van der Waals surface area (Å²) < 4.78 is 34.4. The molecule has 0 bridgehead atoms. The molecule has 0 aromatic rings. The fraction of sp³-hybridized carbons (Fsp3) is 1.00. The SMILES string of the molecule is CCCCCCCCCC(O)CC(CCCCCCCCC)S(=O)(=O)[O-].[Na+]. The summed E-state index contributed by atoms with van der Waals surface area (Å²) in [6.45, 7) is 4.38. The van der Waals surface area contributed by atoms with Crippen molar-refractivity contribution in [1.29, 1.82) is 0 Å². The zero-order valence-electron chi connectivity index (χ0n) is 18.3. The average Bonchev–Trinajstić information content (AvgIpc) is 2.58. The molecule has 0 spiro atoms. The van der Waals surface area contributed by atoms with Crippen LogP contribution in [0.3, 0.4) is 0 Å². The Labute approximate surface area is 191 Å². The first-order chi connectivity index (χ1) is 12.4. The first-order valence-electron chi connectivity index (χ1n) is 11.0. The van der Waals surface area contributed by atoms with Crippen molar-refractivity contribution in [3.63, 3.8) is 0 Å². The largest absolute Gasteiger partial charge is 1.00 e. The quantitative estimate of drug-likeness (QED) is 0.200. The second-order valence-electron chi connectivity index (χ2n) is 7.82. The van der Waals surface area contributed by atoms with Crippen LogP contribution in [0.5, 0.6) is 0 Å². The average molecular weight is 415 g/mol. The minimum atomic E-state index is -4.32. The van der Waals surface area contributed by atoms with E-state index in [0.29, 0.717) is 12.8 Å². The van der Waals surface area contributed by atoms with E-state index in [2.05, 4.69) is 13.8 Å². The van der Waals surface area contributed by atoms with Crippen molar-refractivity contribution >= 4 is 10.1 Å². The maximum absolute atomic E-state index is 11.5. The number of hydrogen-bond donors (Lipinski definition) is 1. The Morgan fingerprint density at radius 3 is 1.48 bits per heavy atom. The van der Waals surface area contributed by atoms with Crippen LogP contribution in [0.1, 0.15) is 123 Å². The van der Waals surface area contributed by atoms with Crippen LogP contribution in [0, 0.1) is 0 Å². The van der Waals surface area contributed by atoms with Crippen molar-refractivity contribution in [1.82, 2.24) is 0 Å². The monoisotopic (exact) mass is 414 g/mol. The Balaban J connectivity index is 0. The van der Waals surface area contributed by atoms with Crippen LogP contribution >= 0.6 is 0 Å². The molecule has 0 aliphatic rings. The van der Waals surface area contributed by atoms with Gasteiger partial charge in [-0.3, -0.25) is 0 Å². The molecule has 4 nitrogen and oxygen atoms in total. The van der Waals surface area contributed by atoms with Gasteiger partial charge in [-0.2, -0.15) is 0 Å². The van der Waals surface area contributed by atoms with Crippen molar-refractivity contribution in [3.8, 4) is 0 Å². The molecule has 1 N–H and O–H groups in total. The fourth-order valence-electron chi connectivity index (χ4n) is 3.47. The zero-order chi connectivity index (χ0) is 19.7. The number of aliphatic hydroxyl groups is 1. The Kier molecular flexibility index (Phi) is 22.4. The van der Waals surface area contributed by atoms with Gasteiger partial charge in [0.05, 0.1) is 21.5 Å². The summed E-state index contributed by atoms with van der Waals surface area (Å²) >= 11 is 0. The first-order valence-corrected chi connectivity index (χ1v) is 12.5. The van der Waals surface area contributed by atoms with E-state index in [0.717, 1.165) is 32.1 Å². The second-order valence-corrected chi connectivity index (χ2v) is 9.48. The minimum Gasteiger partial charge on any atom is -0.748 e. The molecule has 0 rings (SSSR count). The molecular weight excluding hydrogens is 371 g/mol. The summed E-state index contributed by atoms with van der Waals surface area (Å²) in [6, 6.07) is 0. The third-order valence-corrected chi connectivity index (χ3v) is 6.46. The molecule has 27 heavy (non-hydrogen) atoms. The van der Waals surface area contributed by atoms with Crippen LogP contribution in [0.2, 0.25) is 0 Å². The van der Waals surface area contributed by atoms with Gasteiger partial charge in [0.1, 0.15) is 0 Å². The van der Waals surface area contributed by atoms with Gasteiger partial charge in [-0.15, -0.1) is 0 Å². The molecule has 0 saturated carbocycles. The van der Waals surface area contributed by atoms with Gasteiger partial charge in [-0.1, -0.05) is 104 Å². The van der Waals surface area contributed by atoms with E-state index in [9.17, 15) is 18.1 Å². The Morgan fingerprint density at radius 2 is 1.07 bits per heavy atom. The first kappa shape index (κ1) is 30.1. The number of unbranched alkanes of at least 4 members (excludes halogenated alkanes) is 12. The van der Waals surface area contributed by atoms with Gasteiger partial charge < -0.3 is 9.66 Å². The van der Waals surface area contributed by atoms with Gasteiger partial charge in [0, 0.05) is 0 Å². The topological polar surface area (TPSA) is 77.4 Å². The van der Waals surface area contributed by atoms with E-state index in [1.54, 1.807) is 0 Å². The summed E-state index contributed by atoms with van der Waals surface area (Å²) in [4.78, 5) is 0. The van der Waals surface area contributed by atoms with Crippen LogP contribution in [0.15, 0.2) is 0 Å². The summed E-state index contributed by atoms with van der Waals surface area (Å²) in [5, 5.41) is 9.20. The second kappa shape index (κ2) is 20.2. The molecule has 2 atom stereocenters. The summed E-state index contributed by atoms with van der Waals surface area (Å²) in [5.74, 6) is 0. The summed E-state index contributed by atoms with van der Waals surface area (Å²) in [5.41, 5.74) is 0. The van der Waals surface area contributed by atoms with Gasteiger partial charge in [-0.25, -0.2) is 8.42 Å². The number of aliphatic hydroxyl groups excluding tert-OH is 1. The minimum absolute atomic E-state index is 0. The zero-order valence-corrected chi connectivity index (χ0v) is 21.1. The van der Waals surface area contributed by atoms with Crippen molar-refractivity contribution < 1.29 is 47.6 Å². The molecule has 0 fully saturated rings. The van der Waals surface area contributed by atoms with E-state index in [-0.39, 0.29) is 36.0 Å². The van der Waals surface area contributed by atoms with Crippen LogP contribution < -0.4 is 29.6 Å². The molecule has 0 heterocycles. The van der Waals surface area contributed by atoms with Gasteiger partial charge >= 0.3 is 29.6 Å². The molecule has 0 amide bonds. The van der Waals surface area contributed by atoms with Crippen LogP contribution in [0.25, 0.3) is 0 Å². The molecule has 158 valence electrons. The van der Waals surface area contributed by atoms with E-state index in [4.69, 9.17) is 0 Å². The fourth-order valence-corrected chi connectivity index (χ4v) is 4.38. The van der Waals surface area contributed by atoms with Crippen molar-refractivity contribution in [2.45, 2.75) is 134 Å². The van der Waals surface area contributed by atoms with Gasteiger partial charge in [-0.05, 0) is 19.3 Å². The molecule has 6 heteroatoms. The van der Waals surface area contributed by atoms with E-state index in [1.165, 1.54) is 57.8 Å². The molecule has 0 radical (unpaired) electrons. The van der Waals surface area contributed by atoms with Gasteiger partial charge in [0.25, 0.3) is 0 Å². The third-order valence-electron chi connectivity index (χ3n) is 5.21. The van der Waals surface area contributed by atoms with Crippen molar-refractivity contribution in [3.05, 3.63) is 0 Å². The predicted octanol–water partition coefficient (Wildman–Crippen LogP) is 2.94. The molecule has 0 aromatic heterocycles. The Morgan fingerprint density at radius 1 is 0.704 bits per heavy atom. The standard InChI is InChI=1S/C21H44O4S.Na/c1-3-5-7-9-11-13-15-17-20(22)19-21(26(23,24)25)18-16-14-12-10-8-6-4-2;/h20-22H,3-19H2,1-2H3,(H,23,24,25);/q;+1/p-1. The van der Waals surface area contributed by atoms with Crippen LogP contribution in [-0.2, 0) is 10.1 Å². The third kappa shape index (κ3) is 19.9. The molecular formula is C21H43NaO4S. The predicted molar refractivity (Wildman–Crippen MR) is 109 cm³/mol. The summed E-state index contributed by atoms with van der Waals surface area (Å²) in [7, 11) is -4.32. The summed E-state index contributed by atoms with van der Waals surface area (Å²) in [6.07, 6.45) is 16.4. The van der Waals surface area contributed by atoms with Crippen LogP contribution in [0.4, 0.5) is 0 Å². The van der Waals surface area contributed by atoms with E-state index < -0.39 is 21.5 Å². The van der Waals surface area contributed by atoms with Gasteiger partial charge in [0.15, 0.2) is 0 Å². The molecule has 0 aromatic carbocycles. The number of hydrogen-bond acceptors (Lipinski definition) is 4. The van der Waals surface area contributed by atoms with Gasteiger partial charge in [0.2, 0.25) is 0 Å². The van der Waals surface area contributed by atoms with E-state index in [1.807, 2.05) is 0 Å². The number of rotatable bonds is 19. The Bertz CT molecular complexity index is 401. The maximum Gasteiger partial charge on any atom is 1.00 e.